The number of pyridine rings is 2. The summed E-state index contributed by atoms with van der Waals surface area (Å²) in [5.74, 6) is 0.516. The van der Waals surface area contributed by atoms with Crippen LogP contribution in [0.1, 0.15) is 0 Å². The second-order valence-corrected chi connectivity index (χ2v) is 9.57. The van der Waals surface area contributed by atoms with E-state index in [0.717, 1.165) is 33.4 Å². The van der Waals surface area contributed by atoms with Gasteiger partial charge in [0, 0.05) is 23.5 Å². The smallest absolute Gasteiger partial charge is 0.246 e. The van der Waals surface area contributed by atoms with Crippen LogP contribution >= 0.6 is 0 Å². The van der Waals surface area contributed by atoms with E-state index in [1.54, 1.807) is 0 Å². The zero-order valence-corrected chi connectivity index (χ0v) is 20.4. The average molecular weight is 488 g/mol. The second kappa shape index (κ2) is 8.15. The van der Waals surface area contributed by atoms with Crippen LogP contribution in [0, 0.1) is 0 Å². The summed E-state index contributed by atoms with van der Waals surface area (Å²) in [4.78, 5) is 9.87. The molecule has 8 aromatic rings. The SMILES string of the molecule is c1ccc2c(-c3cc(-c4cc5ccccn5c4)nc(-c4nc5ccccc5o4)c3)c3ccccc3cc2c1. The highest BCUT2D eigenvalue weighted by Gasteiger charge is 2.17. The largest absolute Gasteiger partial charge is 0.435 e. The monoisotopic (exact) mass is 487 g/mol. The maximum Gasteiger partial charge on any atom is 0.246 e. The second-order valence-electron chi connectivity index (χ2n) is 9.57. The van der Waals surface area contributed by atoms with Gasteiger partial charge >= 0.3 is 0 Å². The number of hydrogen-bond acceptors (Lipinski definition) is 3. The van der Waals surface area contributed by atoms with E-state index < -0.39 is 0 Å². The standard InChI is InChI=1S/C34H21N3O/c1-3-12-27-22(9-1)17-23-10-2-4-13-28(23)33(27)24-19-30(25-18-26-11-7-8-16-37(26)21-25)35-31(20-24)34-36-29-14-5-6-15-32(29)38-34/h1-21H. The Morgan fingerprint density at radius 1 is 0.579 bits per heavy atom. The molecule has 0 fully saturated rings. The molecule has 0 N–H and O–H groups in total. The molecule has 4 aromatic heterocycles. The van der Waals surface area contributed by atoms with Crippen molar-refractivity contribution in [3.05, 3.63) is 128 Å². The van der Waals surface area contributed by atoms with Gasteiger partial charge in [-0.25, -0.2) is 9.97 Å². The first-order chi connectivity index (χ1) is 18.8. The van der Waals surface area contributed by atoms with Crippen LogP contribution < -0.4 is 0 Å². The zero-order valence-electron chi connectivity index (χ0n) is 20.4. The van der Waals surface area contributed by atoms with E-state index in [9.17, 15) is 0 Å². The Bertz CT molecular complexity index is 1940. The molecular formula is C34H21N3O. The van der Waals surface area contributed by atoms with Crippen LogP contribution in [0.5, 0.6) is 0 Å². The molecule has 0 unspecified atom stereocenters. The first-order valence-electron chi connectivity index (χ1n) is 12.7. The molecule has 4 nitrogen and oxygen atoms in total. The van der Waals surface area contributed by atoms with Crippen molar-refractivity contribution in [3.8, 4) is 34.0 Å². The summed E-state index contributed by atoms with van der Waals surface area (Å²) in [6.07, 6.45) is 4.18. The van der Waals surface area contributed by atoms with Gasteiger partial charge in [-0.1, -0.05) is 66.7 Å². The van der Waals surface area contributed by atoms with Crippen molar-refractivity contribution in [2.45, 2.75) is 0 Å². The summed E-state index contributed by atoms with van der Waals surface area (Å²) in [6.45, 7) is 0. The normalized spacial score (nSPS) is 11.7. The number of rotatable bonds is 3. The molecule has 178 valence electrons. The first-order valence-corrected chi connectivity index (χ1v) is 12.7. The Labute approximate surface area is 218 Å². The maximum absolute atomic E-state index is 6.19. The van der Waals surface area contributed by atoms with E-state index in [2.05, 4.69) is 102 Å². The quantitative estimate of drug-likeness (QED) is 0.234. The molecule has 4 heterocycles. The van der Waals surface area contributed by atoms with E-state index in [4.69, 9.17) is 14.4 Å². The lowest BCUT2D eigenvalue weighted by Crippen LogP contribution is -1.92. The average Bonchev–Trinajstić information content (AvgIpc) is 3.60. The molecule has 0 radical (unpaired) electrons. The molecule has 0 bridgehead atoms. The van der Waals surface area contributed by atoms with Crippen LogP contribution in [0.4, 0.5) is 0 Å². The summed E-state index contributed by atoms with van der Waals surface area (Å²) in [5, 5.41) is 4.82. The minimum absolute atomic E-state index is 0.516. The Hall–Kier alpha value is -5.22. The Morgan fingerprint density at radius 3 is 2.08 bits per heavy atom. The molecule has 0 aliphatic heterocycles. The van der Waals surface area contributed by atoms with Gasteiger partial charge in [-0.05, 0) is 81.2 Å². The minimum atomic E-state index is 0.516. The van der Waals surface area contributed by atoms with Crippen molar-refractivity contribution in [2.24, 2.45) is 0 Å². The topological polar surface area (TPSA) is 43.3 Å². The van der Waals surface area contributed by atoms with E-state index in [1.807, 2.05) is 30.3 Å². The number of para-hydroxylation sites is 2. The molecular weight excluding hydrogens is 466 g/mol. The fourth-order valence-electron chi connectivity index (χ4n) is 5.43. The van der Waals surface area contributed by atoms with E-state index in [0.29, 0.717) is 11.6 Å². The lowest BCUT2D eigenvalue weighted by molar-refractivity contribution is 0.617. The van der Waals surface area contributed by atoms with Crippen molar-refractivity contribution < 1.29 is 4.42 Å². The van der Waals surface area contributed by atoms with Gasteiger partial charge in [0.15, 0.2) is 5.58 Å². The number of hydrogen-bond donors (Lipinski definition) is 0. The van der Waals surface area contributed by atoms with E-state index in [-0.39, 0.29) is 0 Å². The Balaban J connectivity index is 1.45. The van der Waals surface area contributed by atoms with Gasteiger partial charge in [0.1, 0.15) is 11.2 Å². The van der Waals surface area contributed by atoms with Crippen molar-refractivity contribution in [3.63, 3.8) is 0 Å². The van der Waals surface area contributed by atoms with E-state index in [1.165, 1.54) is 27.1 Å². The lowest BCUT2D eigenvalue weighted by Gasteiger charge is -2.14. The Morgan fingerprint density at radius 2 is 1.29 bits per heavy atom. The molecule has 0 aliphatic carbocycles. The summed E-state index contributed by atoms with van der Waals surface area (Å²) >= 11 is 0. The van der Waals surface area contributed by atoms with Gasteiger partial charge in [-0.3, -0.25) is 0 Å². The fourth-order valence-corrected chi connectivity index (χ4v) is 5.43. The summed E-state index contributed by atoms with van der Waals surface area (Å²) in [5.41, 5.74) is 7.58. The summed E-state index contributed by atoms with van der Waals surface area (Å²) in [6, 6.07) is 39.9. The molecule has 0 atom stereocenters. The number of nitrogens with zero attached hydrogens (tertiary/aromatic N) is 3. The highest BCUT2D eigenvalue weighted by molar-refractivity contribution is 6.13. The van der Waals surface area contributed by atoms with E-state index >= 15 is 0 Å². The number of oxazole rings is 1. The number of benzene rings is 4. The molecule has 0 aliphatic rings. The molecule has 4 aromatic carbocycles. The Kier molecular flexibility index (Phi) is 4.49. The third-order valence-corrected chi connectivity index (χ3v) is 7.20. The molecule has 0 spiro atoms. The molecule has 4 heteroatoms. The van der Waals surface area contributed by atoms with Crippen LogP contribution in [0.3, 0.4) is 0 Å². The first kappa shape index (κ1) is 20.9. The van der Waals surface area contributed by atoms with Crippen molar-refractivity contribution >= 4 is 38.2 Å². The molecule has 38 heavy (non-hydrogen) atoms. The molecule has 0 saturated heterocycles. The van der Waals surface area contributed by atoms with Gasteiger partial charge < -0.3 is 8.82 Å². The predicted octanol–water partition coefficient (Wildman–Crippen LogP) is 8.78. The van der Waals surface area contributed by atoms with Gasteiger partial charge in [0.25, 0.3) is 0 Å². The van der Waals surface area contributed by atoms with Crippen LogP contribution in [0.15, 0.2) is 132 Å². The van der Waals surface area contributed by atoms with Crippen molar-refractivity contribution in [2.75, 3.05) is 0 Å². The third-order valence-electron chi connectivity index (χ3n) is 7.20. The van der Waals surface area contributed by atoms with Crippen LogP contribution in [0.25, 0.3) is 72.1 Å². The van der Waals surface area contributed by atoms with Gasteiger partial charge in [-0.2, -0.15) is 0 Å². The highest BCUT2D eigenvalue weighted by Crippen LogP contribution is 2.39. The van der Waals surface area contributed by atoms with Gasteiger partial charge in [0.2, 0.25) is 5.89 Å². The molecule has 0 amide bonds. The van der Waals surface area contributed by atoms with Gasteiger partial charge in [0.05, 0.1) is 5.69 Å². The lowest BCUT2D eigenvalue weighted by atomic mass is 9.91. The van der Waals surface area contributed by atoms with Crippen LogP contribution in [0.2, 0.25) is 0 Å². The minimum Gasteiger partial charge on any atom is -0.435 e. The van der Waals surface area contributed by atoms with Crippen molar-refractivity contribution in [1.29, 1.82) is 0 Å². The predicted molar refractivity (Wildman–Crippen MR) is 154 cm³/mol. The summed E-state index contributed by atoms with van der Waals surface area (Å²) < 4.78 is 8.31. The molecule has 8 rings (SSSR count). The van der Waals surface area contributed by atoms with Crippen LogP contribution in [-0.4, -0.2) is 14.4 Å². The third kappa shape index (κ3) is 3.31. The van der Waals surface area contributed by atoms with Crippen LogP contribution in [-0.2, 0) is 0 Å². The zero-order chi connectivity index (χ0) is 25.1. The van der Waals surface area contributed by atoms with Gasteiger partial charge in [-0.15, -0.1) is 0 Å². The highest BCUT2D eigenvalue weighted by atomic mass is 16.3. The summed E-state index contributed by atoms with van der Waals surface area (Å²) in [7, 11) is 0. The maximum atomic E-state index is 6.19. The number of aromatic nitrogens is 3. The molecule has 0 saturated carbocycles. The number of fused-ring (bicyclic) bond motifs is 4. The fraction of sp³-hybridized carbons (Fsp3) is 0. The van der Waals surface area contributed by atoms with Crippen molar-refractivity contribution in [1.82, 2.24) is 14.4 Å².